The Morgan fingerprint density at radius 1 is 0.905 bits per heavy atom. The lowest BCUT2D eigenvalue weighted by Crippen LogP contribution is -2.08. The van der Waals surface area contributed by atoms with Crippen molar-refractivity contribution in [2.24, 2.45) is 0 Å². The van der Waals surface area contributed by atoms with Gasteiger partial charge in [0.25, 0.3) is 0 Å². The van der Waals surface area contributed by atoms with Gasteiger partial charge in [-0.25, -0.2) is 0 Å². The van der Waals surface area contributed by atoms with Crippen LogP contribution in [-0.4, -0.2) is 24.3 Å². The van der Waals surface area contributed by atoms with Crippen molar-refractivity contribution in [3.63, 3.8) is 0 Å². The molecule has 0 aliphatic rings. The average molecular weight is 278 g/mol. The van der Waals surface area contributed by atoms with Gasteiger partial charge in [-0.05, 0) is 37.3 Å². The molecule has 0 aliphatic carbocycles. The van der Waals surface area contributed by atoms with Crippen molar-refractivity contribution in [2.75, 3.05) is 24.3 Å². The monoisotopic (exact) mass is 278 g/mol. The Labute approximate surface area is 124 Å². The van der Waals surface area contributed by atoms with Crippen LogP contribution in [0.15, 0.2) is 48.5 Å². The molecule has 0 saturated carbocycles. The third kappa shape index (κ3) is 2.65. The number of aryl methyl sites for hydroxylation is 1. The molecule has 106 valence electrons. The van der Waals surface area contributed by atoms with Crippen LogP contribution in [0.2, 0.25) is 0 Å². The van der Waals surface area contributed by atoms with Gasteiger partial charge in [0.2, 0.25) is 0 Å². The first-order valence-electron chi connectivity index (χ1n) is 6.91. The van der Waals surface area contributed by atoms with Crippen molar-refractivity contribution < 1.29 is 0 Å². The molecular weight excluding hydrogens is 260 g/mol. The minimum atomic E-state index is 0.894. The third-order valence-electron chi connectivity index (χ3n) is 3.50. The summed E-state index contributed by atoms with van der Waals surface area (Å²) in [6.45, 7) is 1.97. The number of nitrogens with zero attached hydrogens (tertiary/aromatic N) is 3. The Morgan fingerprint density at radius 2 is 1.62 bits per heavy atom. The van der Waals surface area contributed by atoms with Gasteiger partial charge < -0.3 is 10.2 Å². The van der Waals surface area contributed by atoms with E-state index in [1.165, 1.54) is 5.69 Å². The van der Waals surface area contributed by atoms with Crippen LogP contribution < -0.4 is 10.2 Å². The molecule has 3 aromatic rings. The van der Waals surface area contributed by atoms with Gasteiger partial charge in [0, 0.05) is 30.9 Å². The smallest absolute Gasteiger partial charge is 0.0950 e. The number of hydrogen-bond donors (Lipinski definition) is 1. The molecule has 3 rings (SSSR count). The fraction of sp³-hybridized carbons (Fsp3) is 0.176. The molecule has 2 aromatic carbocycles. The highest BCUT2D eigenvalue weighted by molar-refractivity contribution is 5.93. The van der Waals surface area contributed by atoms with Gasteiger partial charge >= 0.3 is 0 Å². The highest BCUT2D eigenvalue weighted by Crippen LogP contribution is 2.27. The first-order chi connectivity index (χ1) is 10.1. The number of benzene rings is 2. The third-order valence-corrected chi connectivity index (χ3v) is 3.50. The Balaban J connectivity index is 1.99. The molecule has 0 radical (unpaired) electrons. The zero-order chi connectivity index (χ0) is 14.8. The van der Waals surface area contributed by atoms with E-state index in [0.29, 0.717) is 0 Å². The van der Waals surface area contributed by atoms with E-state index >= 15 is 0 Å². The standard InChI is InChI=1S/C17H18N4/c1-12-17(15-6-4-5-7-16(15)20-19-12)18-13-8-10-14(11-9-13)21(2)3/h4-11H,1-3H3,(H,18,20). The van der Waals surface area contributed by atoms with E-state index in [-0.39, 0.29) is 0 Å². The first kappa shape index (κ1) is 13.4. The molecule has 0 fully saturated rings. The summed E-state index contributed by atoms with van der Waals surface area (Å²) in [5, 5.41) is 13.0. The molecule has 1 heterocycles. The molecule has 0 aliphatic heterocycles. The number of aromatic nitrogens is 2. The van der Waals surface area contributed by atoms with E-state index in [1.54, 1.807) is 0 Å². The van der Waals surface area contributed by atoms with Gasteiger partial charge in [0.1, 0.15) is 0 Å². The summed E-state index contributed by atoms with van der Waals surface area (Å²) in [5.41, 5.74) is 5.02. The minimum absolute atomic E-state index is 0.894. The van der Waals surface area contributed by atoms with E-state index in [9.17, 15) is 0 Å². The molecular formula is C17H18N4. The fourth-order valence-electron chi connectivity index (χ4n) is 2.29. The van der Waals surface area contributed by atoms with Crippen LogP contribution in [0, 0.1) is 6.92 Å². The minimum Gasteiger partial charge on any atom is -0.378 e. The van der Waals surface area contributed by atoms with E-state index in [2.05, 4.69) is 50.7 Å². The van der Waals surface area contributed by atoms with Crippen molar-refractivity contribution in [3.8, 4) is 0 Å². The molecule has 0 spiro atoms. The number of rotatable bonds is 3. The molecule has 4 nitrogen and oxygen atoms in total. The van der Waals surface area contributed by atoms with Gasteiger partial charge in [0.05, 0.1) is 16.9 Å². The van der Waals surface area contributed by atoms with Crippen LogP contribution in [-0.2, 0) is 0 Å². The molecule has 21 heavy (non-hydrogen) atoms. The van der Waals surface area contributed by atoms with E-state index in [0.717, 1.165) is 28.0 Å². The largest absolute Gasteiger partial charge is 0.378 e. The number of nitrogens with one attached hydrogen (secondary N) is 1. The van der Waals surface area contributed by atoms with E-state index in [4.69, 9.17) is 0 Å². The second-order valence-corrected chi connectivity index (χ2v) is 5.24. The Kier molecular flexibility index (Phi) is 3.44. The second kappa shape index (κ2) is 5.40. The Morgan fingerprint density at radius 3 is 2.33 bits per heavy atom. The van der Waals surface area contributed by atoms with Crippen molar-refractivity contribution in [2.45, 2.75) is 6.92 Å². The van der Waals surface area contributed by atoms with Crippen LogP contribution in [0.4, 0.5) is 17.1 Å². The molecule has 0 bridgehead atoms. The fourth-order valence-corrected chi connectivity index (χ4v) is 2.29. The lowest BCUT2D eigenvalue weighted by Gasteiger charge is -2.15. The van der Waals surface area contributed by atoms with Gasteiger partial charge in [-0.3, -0.25) is 0 Å². The zero-order valence-corrected chi connectivity index (χ0v) is 12.5. The average Bonchev–Trinajstić information content (AvgIpc) is 2.51. The predicted molar refractivity (Wildman–Crippen MR) is 88.3 cm³/mol. The van der Waals surface area contributed by atoms with Crippen LogP contribution in [0.5, 0.6) is 0 Å². The van der Waals surface area contributed by atoms with Crippen LogP contribution >= 0.6 is 0 Å². The molecule has 0 amide bonds. The summed E-state index contributed by atoms with van der Waals surface area (Å²) in [6.07, 6.45) is 0. The number of anilines is 3. The van der Waals surface area contributed by atoms with Crippen molar-refractivity contribution in [1.29, 1.82) is 0 Å². The molecule has 0 saturated heterocycles. The Bertz CT molecular complexity index is 763. The van der Waals surface area contributed by atoms with Crippen LogP contribution in [0.25, 0.3) is 10.9 Å². The number of hydrogen-bond acceptors (Lipinski definition) is 4. The maximum absolute atomic E-state index is 4.23. The highest BCUT2D eigenvalue weighted by atomic mass is 15.1. The molecule has 0 atom stereocenters. The summed E-state index contributed by atoms with van der Waals surface area (Å²) in [5.74, 6) is 0. The summed E-state index contributed by atoms with van der Waals surface area (Å²) in [4.78, 5) is 2.08. The zero-order valence-electron chi connectivity index (χ0n) is 12.5. The SMILES string of the molecule is Cc1nnc2ccccc2c1Nc1ccc(N(C)C)cc1. The molecule has 4 heteroatoms. The summed E-state index contributed by atoms with van der Waals surface area (Å²) in [7, 11) is 4.07. The van der Waals surface area contributed by atoms with Gasteiger partial charge in [-0.1, -0.05) is 18.2 Å². The molecule has 0 unspecified atom stereocenters. The van der Waals surface area contributed by atoms with E-state index in [1.807, 2.05) is 39.2 Å². The van der Waals surface area contributed by atoms with Crippen molar-refractivity contribution in [3.05, 3.63) is 54.2 Å². The van der Waals surface area contributed by atoms with Crippen molar-refractivity contribution >= 4 is 28.0 Å². The summed E-state index contributed by atoms with van der Waals surface area (Å²) < 4.78 is 0. The second-order valence-electron chi connectivity index (χ2n) is 5.24. The predicted octanol–water partition coefficient (Wildman–Crippen LogP) is 3.75. The summed E-state index contributed by atoms with van der Waals surface area (Å²) in [6, 6.07) is 16.4. The van der Waals surface area contributed by atoms with Gasteiger partial charge in [-0.15, -0.1) is 0 Å². The van der Waals surface area contributed by atoms with Crippen LogP contribution in [0.3, 0.4) is 0 Å². The van der Waals surface area contributed by atoms with Gasteiger partial charge in [0.15, 0.2) is 0 Å². The number of fused-ring (bicyclic) bond motifs is 1. The quantitative estimate of drug-likeness (QED) is 0.792. The topological polar surface area (TPSA) is 41.1 Å². The highest BCUT2D eigenvalue weighted by Gasteiger charge is 2.07. The maximum Gasteiger partial charge on any atom is 0.0950 e. The van der Waals surface area contributed by atoms with E-state index < -0.39 is 0 Å². The lowest BCUT2D eigenvalue weighted by atomic mass is 10.1. The van der Waals surface area contributed by atoms with Gasteiger partial charge in [-0.2, -0.15) is 10.2 Å². The van der Waals surface area contributed by atoms with Crippen molar-refractivity contribution in [1.82, 2.24) is 10.2 Å². The first-order valence-corrected chi connectivity index (χ1v) is 6.91. The summed E-state index contributed by atoms with van der Waals surface area (Å²) >= 11 is 0. The maximum atomic E-state index is 4.23. The Hall–Kier alpha value is -2.62. The normalized spacial score (nSPS) is 10.6. The molecule has 1 aromatic heterocycles. The lowest BCUT2D eigenvalue weighted by molar-refractivity contribution is 1.02. The molecule has 1 N–H and O–H groups in total. The van der Waals surface area contributed by atoms with Crippen LogP contribution in [0.1, 0.15) is 5.69 Å².